The topological polar surface area (TPSA) is 45.8 Å². The van der Waals surface area contributed by atoms with Crippen LogP contribution in [0.5, 0.6) is 17.2 Å². The van der Waals surface area contributed by atoms with Crippen molar-refractivity contribution in [3.05, 3.63) is 138 Å². The number of dihydropyridines is 1. The van der Waals surface area contributed by atoms with Crippen LogP contribution in [0, 0.1) is 0 Å². The quantitative estimate of drug-likeness (QED) is 0.266. The van der Waals surface area contributed by atoms with E-state index in [9.17, 15) is 0 Å². The Morgan fingerprint density at radius 2 is 1.38 bits per heavy atom. The summed E-state index contributed by atoms with van der Waals surface area (Å²) >= 11 is 0. The molecule has 0 amide bonds. The lowest BCUT2D eigenvalue weighted by molar-refractivity contribution is 0.381. The van der Waals surface area contributed by atoms with Gasteiger partial charge in [-0.3, -0.25) is 5.01 Å². The number of anilines is 1. The molecule has 1 unspecified atom stereocenters. The van der Waals surface area contributed by atoms with Crippen molar-refractivity contribution < 1.29 is 9.47 Å². The van der Waals surface area contributed by atoms with E-state index in [1.54, 1.807) is 0 Å². The van der Waals surface area contributed by atoms with Crippen LogP contribution in [-0.2, 0) is 0 Å². The summed E-state index contributed by atoms with van der Waals surface area (Å²) < 4.78 is 12.2. The van der Waals surface area contributed by atoms with Crippen molar-refractivity contribution in [3.63, 3.8) is 0 Å². The summed E-state index contributed by atoms with van der Waals surface area (Å²) in [7, 11) is 0. The molecular weight excluding hydrogens is 482 g/mol. The summed E-state index contributed by atoms with van der Waals surface area (Å²) in [5.41, 5.74) is 10.8. The summed E-state index contributed by atoms with van der Waals surface area (Å²) in [5.74, 6) is 2.91. The van der Waals surface area contributed by atoms with Gasteiger partial charge in [0.1, 0.15) is 17.2 Å². The largest absolute Gasteiger partial charge is 0.457 e. The Morgan fingerprint density at radius 3 is 2.13 bits per heavy atom. The predicted octanol–water partition coefficient (Wildman–Crippen LogP) is 7.67. The third-order valence-electron chi connectivity index (χ3n) is 6.91. The van der Waals surface area contributed by atoms with Crippen LogP contribution in [0.2, 0.25) is 0 Å². The molecule has 5 nitrogen and oxygen atoms in total. The fraction of sp³-hybridized carbons (Fsp3) is 0.118. The number of hydrogen-bond acceptors (Lipinski definition) is 5. The second-order valence-corrected chi connectivity index (χ2v) is 9.64. The van der Waals surface area contributed by atoms with Gasteiger partial charge in [0.2, 0.25) is 0 Å². The lowest BCUT2D eigenvalue weighted by Crippen LogP contribution is -2.35. The maximum atomic E-state index is 6.23. The van der Waals surface area contributed by atoms with Gasteiger partial charge in [-0.2, -0.15) is 0 Å². The summed E-state index contributed by atoms with van der Waals surface area (Å²) in [5, 5.41) is 5.35. The summed E-state index contributed by atoms with van der Waals surface area (Å²) in [6, 6.07) is 35.3. The fourth-order valence-electron chi connectivity index (χ4n) is 5.05. The zero-order valence-electron chi connectivity index (χ0n) is 22.1. The molecule has 4 aromatic carbocycles. The SMILES string of the molecule is CC1=C(c2ccc(-c3ccccc3)cc2)C(C)NN1c1cccc(Oc2cccc(OC3=CC=CCN3)c2)c1. The summed E-state index contributed by atoms with van der Waals surface area (Å²) in [6.45, 7) is 5.11. The van der Waals surface area contributed by atoms with Gasteiger partial charge in [-0.05, 0) is 66.5 Å². The minimum absolute atomic E-state index is 0.170. The van der Waals surface area contributed by atoms with Gasteiger partial charge in [-0.25, -0.2) is 5.43 Å². The molecule has 0 radical (unpaired) electrons. The van der Waals surface area contributed by atoms with E-state index in [-0.39, 0.29) is 6.04 Å². The molecule has 0 saturated heterocycles. The molecule has 2 aliphatic heterocycles. The first-order chi connectivity index (χ1) is 19.1. The molecule has 5 heteroatoms. The minimum Gasteiger partial charge on any atom is -0.457 e. The van der Waals surface area contributed by atoms with E-state index >= 15 is 0 Å². The van der Waals surface area contributed by atoms with Gasteiger partial charge >= 0.3 is 0 Å². The highest BCUT2D eigenvalue weighted by Crippen LogP contribution is 2.36. The van der Waals surface area contributed by atoms with Crippen LogP contribution in [0.3, 0.4) is 0 Å². The molecule has 6 rings (SSSR count). The van der Waals surface area contributed by atoms with E-state index in [2.05, 4.69) is 84.2 Å². The molecule has 0 aliphatic carbocycles. The van der Waals surface area contributed by atoms with E-state index in [1.165, 1.54) is 28.0 Å². The Hall–Kier alpha value is -4.74. The van der Waals surface area contributed by atoms with Crippen LogP contribution in [0.1, 0.15) is 19.4 Å². The van der Waals surface area contributed by atoms with Crippen LogP contribution >= 0.6 is 0 Å². The van der Waals surface area contributed by atoms with E-state index in [0.717, 1.165) is 29.6 Å². The van der Waals surface area contributed by atoms with Crippen molar-refractivity contribution >= 4 is 11.3 Å². The second kappa shape index (κ2) is 10.9. The van der Waals surface area contributed by atoms with Gasteiger partial charge < -0.3 is 14.8 Å². The average molecular weight is 514 g/mol. The highest BCUT2D eigenvalue weighted by molar-refractivity contribution is 5.80. The molecule has 0 spiro atoms. The maximum absolute atomic E-state index is 6.23. The number of allylic oxidation sites excluding steroid dienone is 3. The van der Waals surface area contributed by atoms with Gasteiger partial charge in [0.15, 0.2) is 5.88 Å². The molecule has 0 fully saturated rings. The number of hydrogen-bond donors (Lipinski definition) is 2. The zero-order chi connectivity index (χ0) is 26.6. The van der Waals surface area contributed by atoms with Gasteiger partial charge in [0.25, 0.3) is 0 Å². The van der Waals surface area contributed by atoms with Crippen molar-refractivity contribution in [3.8, 4) is 28.4 Å². The molecule has 2 heterocycles. The van der Waals surface area contributed by atoms with E-state index in [1.807, 2.05) is 66.8 Å². The van der Waals surface area contributed by atoms with Crippen molar-refractivity contribution in [2.75, 3.05) is 11.6 Å². The molecule has 2 aliphatic rings. The van der Waals surface area contributed by atoms with Crippen LogP contribution in [0.15, 0.2) is 133 Å². The molecule has 2 N–H and O–H groups in total. The Morgan fingerprint density at radius 1 is 0.718 bits per heavy atom. The minimum atomic E-state index is 0.170. The van der Waals surface area contributed by atoms with Gasteiger partial charge in [-0.15, -0.1) is 0 Å². The lowest BCUT2D eigenvalue weighted by atomic mass is 9.96. The van der Waals surface area contributed by atoms with Crippen molar-refractivity contribution in [1.82, 2.24) is 10.7 Å². The first kappa shape index (κ1) is 24.6. The zero-order valence-corrected chi connectivity index (χ0v) is 22.1. The number of nitrogens with zero attached hydrogens (tertiary/aromatic N) is 1. The number of nitrogens with one attached hydrogen (secondary N) is 2. The van der Waals surface area contributed by atoms with Crippen LogP contribution < -0.4 is 25.2 Å². The van der Waals surface area contributed by atoms with Gasteiger partial charge in [-0.1, -0.05) is 78.9 Å². The number of benzene rings is 4. The van der Waals surface area contributed by atoms with E-state index in [0.29, 0.717) is 5.75 Å². The molecule has 0 aromatic heterocycles. The predicted molar refractivity (Wildman–Crippen MR) is 158 cm³/mol. The van der Waals surface area contributed by atoms with E-state index in [4.69, 9.17) is 9.47 Å². The third kappa shape index (κ3) is 5.44. The van der Waals surface area contributed by atoms with Crippen molar-refractivity contribution in [2.45, 2.75) is 19.9 Å². The molecular formula is C34H31N3O2. The van der Waals surface area contributed by atoms with Crippen molar-refractivity contribution in [1.29, 1.82) is 0 Å². The van der Waals surface area contributed by atoms with Crippen molar-refractivity contribution in [2.24, 2.45) is 0 Å². The molecule has 39 heavy (non-hydrogen) atoms. The first-order valence-corrected chi connectivity index (χ1v) is 13.2. The fourth-order valence-corrected chi connectivity index (χ4v) is 5.05. The second-order valence-electron chi connectivity index (χ2n) is 9.64. The molecule has 194 valence electrons. The Bertz CT molecular complexity index is 1560. The third-order valence-corrected chi connectivity index (χ3v) is 6.91. The Kier molecular flexibility index (Phi) is 6.89. The maximum Gasteiger partial charge on any atom is 0.193 e. The van der Waals surface area contributed by atoms with E-state index < -0.39 is 0 Å². The Labute approximate surface area is 229 Å². The smallest absolute Gasteiger partial charge is 0.193 e. The van der Waals surface area contributed by atoms with Crippen LogP contribution in [0.25, 0.3) is 16.7 Å². The summed E-state index contributed by atoms with van der Waals surface area (Å²) in [4.78, 5) is 0. The monoisotopic (exact) mass is 513 g/mol. The number of ether oxygens (including phenoxy) is 2. The van der Waals surface area contributed by atoms with Crippen LogP contribution in [0.4, 0.5) is 5.69 Å². The lowest BCUT2D eigenvalue weighted by Gasteiger charge is -2.22. The van der Waals surface area contributed by atoms with Gasteiger partial charge in [0.05, 0.1) is 11.7 Å². The standard InChI is InChI=1S/C34H31N3O2/c1-24-34(28-19-17-27(18-20-28)26-10-4-3-5-11-26)25(2)37(36-24)29-12-8-13-30(22-29)38-31-14-9-15-32(23-31)39-33-16-6-7-21-35-33/h3-20,22-24,35-36H,21H2,1-2H3. The highest BCUT2D eigenvalue weighted by Gasteiger charge is 2.27. The van der Waals surface area contributed by atoms with Gasteiger partial charge in [0, 0.05) is 24.4 Å². The number of rotatable bonds is 7. The summed E-state index contributed by atoms with van der Waals surface area (Å²) in [6.07, 6.45) is 5.93. The van der Waals surface area contributed by atoms with Crippen LogP contribution in [-0.4, -0.2) is 12.6 Å². The molecule has 0 bridgehead atoms. The normalized spacial score (nSPS) is 16.6. The highest BCUT2D eigenvalue weighted by atomic mass is 16.5. The first-order valence-electron chi connectivity index (χ1n) is 13.2. The number of hydrazine groups is 1. The molecule has 4 aromatic rings. The molecule has 1 atom stereocenters. The average Bonchev–Trinajstić information content (AvgIpc) is 3.28. The Balaban J connectivity index is 1.20. The molecule has 0 saturated carbocycles.